The van der Waals surface area contributed by atoms with Crippen molar-refractivity contribution in [2.45, 2.75) is 52.4 Å². The third-order valence-electron chi connectivity index (χ3n) is 6.64. The Morgan fingerprint density at radius 1 is 0.472 bits per heavy atom. The van der Waals surface area contributed by atoms with Crippen LogP contribution in [-0.2, 0) is 10.8 Å². The third-order valence-corrected chi connectivity index (χ3v) is 6.64. The molecule has 0 saturated carbocycles. The summed E-state index contributed by atoms with van der Waals surface area (Å²) in [4.78, 5) is 14.6. The van der Waals surface area contributed by atoms with Crippen LogP contribution in [0.1, 0.15) is 52.7 Å². The Labute approximate surface area is 214 Å². The molecule has 0 N–H and O–H groups in total. The summed E-state index contributed by atoms with van der Waals surface area (Å²) in [5, 5.41) is 0. The van der Waals surface area contributed by atoms with Crippen LogP contribution < -0.4 is 0 Å². The van der Waals surface area contributed by atoms with E-state index in [0.29, 0.717) is 0 Å². The van der Waals surface area contributed by atoms with Crippen molar-refractivity contribution in [2.24, 2.45) is 0 Å². The fourth-order valence-corrected chi connectivity index (χ4v) is 4.71. The summed E-state index contributed by atoms with van der Waals surface area (Å²) in [6, 6.07) is 27.5. The molecular formula is C33H33N3. The number of fused-ring (bicyclic) bond motifs is 1. The average Bonchev–Trinajstić information content (AvgIpc) is 2.87. The van der Waals surface area contributed by atoms with Crippen LogP contribution in [0.4, 0.5) is 0 Å². The van der Waals surface area contributed by atoms with Gasteiger partial charge in [0.2, 0.25) is 0 Å². The van der Waals surface area contributed by atoms with Crippen LogP contribution in [0.25, 0.3) is 44.7 Å². The molecule has 5 rings (SSSR count). The van der Waals surface area contributed by atoms with Crippen molar-refractivity contribution in [3.63, 3.8) is 0 Å². The van der Waals surface area contributed by atoms with Gasteiger partial charge in [-0.1, -0.05) is 96.1 Å². The monoisotopic (exact) mass is 471 g/mol. The fourth-order valence-electron chi connectivity index (χ4n) is 4.71. The second kappa shape index (κ2) is 8.98. The van der Waals surface area contributed by atoms with E-state index in [1.807, 2.05) is 30.6 Å². The highest BCUT2D eigenvalue weighted by atomic mass is 14.8. The maximum atomic E-state index is 5.25. The van der Waals surface area contributed by atoms with E-state index in [2.05, 4.69) is 107 Å². The predicted octanol–water partition coefficient (Wildman–Crippen LogP) is 8.62. The molecule has 0 aliphatic carbocycles. The SMILES string of the molecule is CC(C)(C)c1cc2nc(-c3ccccc3)c(-c3ccc(-c4ccncc4)cc3)nc2cc1C(C)(C)C. The molecule has 36 heavy (non-hydrogen) atoms. The first-order valence-electron chi connectivity index (χ1n) is 12.5. The maximum Gasteiger partial charge on any atom is 0.0973 e. The van der Waals surface area contributed by atoms with E-state index in [9.17, 15) is 0 Å². The molecule has 3 heteroatoms. The molecule has 2 aromatic heterocycles. The molecule has 0 radical (unpaired) electrons. The minimum Gasteiger partial charge on any atom is -0.265 e. The Bertz CT molecular complexity index is 1510. The molecule has 0 bridgehead atoms. The van der Waals surface area contributed by atoms with Crippen LogP contribution in [-0.4, -0.2) is 15.0 Å². The number of pyridine rings is 1. The van der Waals surface area contributed by atoms with Crippen LogP contribution >= 0.6 is 0 Å². The van der Waals surface area contributed by atoms with Crippen molar-refractivity contribution in [3.8, 4) is 33.6 Å². The largest absolute Gasteiger partial charge is 0.265 e. The van der Waals surface area contributed by atoms with E-state index < -0.39 is 0 Å². The molecule has 0 fully saturated rings. The van der Waals surface area contributed by atoms with E-state index in [0.717, 1.165) is 44.7 Å². The topological polar surface area (TPSA) is 38.7 Å². The van der Waals surface area contributed by atoms with Crippen LogP contribution in [0.3, 0.4) is 0 Å². The smallest absolute Gasteiger partial charge is 0.0973 e. The lowest BCUT2D eigenvalue weighted by Gasteiger charge is -2.30. The van der Waals surface area contributed by atoms with E-state index in [4.69, 9.17) is 9.97 Å². The summed E-state index contributed by atoms with van der Waals surface area (Å²) in [5.41, 5.74) is 10.8. The number of nitrogens with zero attached hydrogens (tertiary/aromatic N) is 3. The molecule has 0 saturated heterocycles. The molecule has 0 unspecified atom stereocenters. The first kappa shape index (κ1) is 23.9. The average molecular weight is 472 g/mol. The molecule has 0 spiro atoms. The first-order valence-corrected chi connectivity index (χ1v) is 12.5. The number of rotatable bonds is 3. The molecular weight excluding hydrogens is 438 g/mol. The minimum atomic E-state index is 0.00291. The Hall–Kier alpha value is -3.85. The number of hydrogen-bond donors (Lipinski definition) is 0. The standard InChI is InChI=1S/C33H33N3/c1-32(2,3)26-20-28-29(21-27(26)33(4,5)6)36-31(30(35-28)24-10-8-7-9-11-24)25-14-12-22(13-15-25)23-16-18-34-19-17-23/h7-21H,1-6H3. The van der Waals surface area contributed by atoms with Gasteiger partial charge in [-0.25, -0.2) is 9.97 Å². The van der Waals surface area contributed by atoms with Gasteiger partial charge in [-0.15, -0.1) is 0 Å². The van der Waals surface area contributed by atoms with E-state index in [1.165, 1.54) is 11.1 Å². The highest BCUT2D eigenvalue weighted by Crippen LogP contribution is 2.38. The molecule has 2 heterocycles. The third kappa shape index (κ3) is 4.66. The van der Waals surface area contributed by atoms with Gasteiger partial charge in [-0.05, 0) is 57.3 Å². The van der Waals surface area contributed by atoms with E-state index >= 15 is 0 Å². The summed E-state index contributed by atoms with van der Waals surface area (Å²) in [6.07, 6.45) is 3.65. The summed E-state index contributed by atoms with van der Waals surface area (Å²) < 4.78 is 0. The van der Waals surface area contributed by atoms with Gasteiger partial charge in [0.25, 0.3) is 0 Å². The van der Waals surface area contributed by atoms with Crippen molar-refractivity contribution in [2.75, 3.05) is 0 Å². The van der Waals surface area contributed by atoms with Gasteiger partial charge < -0.3 is 0 Å². The van der Waals surface area contributed by atoms with Crippen molar-refractivity contribution < 1.29 is 0 Å². The number of hydrogen-bond acceptors (Lipinski definition) is 3. The zero-order chi connectivity index (χ0) is 25.5. The molecule has 0 amide bonds. The minimum absolute atomic E-state index is 0.00291. The second-order valence-corrected chi connectivity index (χ2v) is 11.5. The second-order valence-electron chi connectivity index (χ2n) is 11.5. The normalized spacial score (nSPS) is 12.2. The van der Waals surface area contributed by atoms with Crippen molar-refractivity contribution in [1.29, 1.82) is 0 Å². The molecule has 0 atom stereocenters. The van der Waals surface area contributed by atoms with Crippen LogP contribution in [0, 0.1) is 0 Å². The summed E-state index contributed by atoms with van der Waals surface area (Å²) in [6.45, 7) is 13.6. The van der Waals surface area contributed by atoms with Crippen LogP contribution in [0.2, 0.25) is 0 Å². The summed E-state index contributed by atoms with van der Waals surface area (Å²) in [7, 11) is 0. The Balaban J connectivity index is 1.74. The Kier molecular flexibility index (Phi) is 5.96. The Morgan fingerprint density at radius 3 is 1.36 bits per heavy atom. The summed E-state index contributed by atoms with van der Waals surface area (Å²) in [5.74, 6) is 0. The van der Waals surface area contributed by atoms with Gasteiger partial charge in [0.1, 0.15) is 0 Å². The lowest BCUT2D eigenvalue weighted by molar-refractivity contribution is 0.531. The van der Waals surface area contributed by atoms with Gasteiger partial charge in [-0.2, -0.15) is 0 Å². The first-order chi connectivity index (χ1) is 17.1. The van der Waals surface area contributed by atoms with E-state index in [-0.39, 0.29) is 10.8 Å². The molecule has 0 aliphatic heterocycles. The molecule has 3 aromatic carbocycles. The van der Waals surface area contributed by atoms with Gasteiger partial charge in [0, 0.05) is 23.5 Å². The number of aromatic nitrogens is 3. The zero-order valence-corrected chi connectivity index (χ0v) is 22.0. The quantitative estimate of drug-likeness (QED) is 0.264. The van der Waals surface area contributed by atoms with Crippen molar-refractivity contribution in [1.82, 2.24) is 15.0 Å². The summed E-state index contributed by atoms with van der Waals surface area (Å²) >= 11 is 0. The number of benzene rings is 3. The maximum absolute atomic E-state index is 5.25. The molecule has 0 aliphatic rings. The lowest BCUT2D eigenvalue weighted by atomic mass is 9.75. The van der Waals surface area contributed by atoms with Crippen LogP contribution in [0.15, 0.2) is 91.3 Å². The lowest BCUT2D eigenvalue weighted by Crippen LogP contribution is -2.22. The van der Waals surface area contributed by atoms with Crippen molar-refractivity contribution in [3.05, 3.63) is 102 Å². The van der Waals surface area contributed by atoms with E-state index in [1.54, 1.807) is 0 Å². The predicted molar refractivity (Wildman–Crippen MR) is 151 cm³/mol. The highest BCUT2D eigenvalue weighted by Gasteiger charge is 2.27. The zero-order valence-electron chi connectivity index (χ0n) is 22.0. The molecule has 3 nitrogen and oxygen atoms in total. The molecule has 5 aromatic rings. The fraction of sp³-hybridized carbons (Fsp3) is 0.242. The van der Waals surface area contributed by atoms with Gasteiger partial charge in [0.15, 0.2) is 0 Å². The van der Waals surface area contributed by atoms with Crippen LogP contribution in [0.5, 0.6) is 0 Å². The van der Waals surface area contributed by atoms with Gasteiger partial charge in [-0.3, -0.25) is 4.98 Å². The molecule has 180 valence electrons. The van der Waals surface area contributed by atoms with Gasteiger partial charge >= 0.3 is 0 Å². The highest BCUT2D eigenvalue weighted by molar-refractivity contribution is 5.87. The Morgan fingerprint density at radius 2 is 0.889 bits per heavy atom. The van der Waals surface area contributed by atoms with Gasteiger partial charge in [0.05, 0.1) is 22.4 Å². The van der Waals surface area contributed by atoms with Crippen molar-refractivity contribution >= 4 is 11.0 Å².